The summed E-state index contributed by atoms with van der Waals surface area (Å²) in [6.07, 6.45) is 0. The number of halogens is 3. The number of imidazole rings is 1. The van der Waals surface area contributed by atoms with Crippen LogP contribution < -0.4 is 0 Å². The SMILES string of the molecule is Cc1cc2c(cc1F)nc(C(C)Cl)n2-c1ccccc1F. The second-order valence-electron chi connectivity index (χ2n) is 4.96. The van der Waals surface area contributed by atoms with Crippen LogP contribution in [-0.2, 0) is 0 Å². The van der Waals surface area contributed by atoms with E-state index >= 15 is 0 Å². The van der Waals surface area contributed by atoms with Gasteiger partial charge in [0.2, 0.25) is 0 Å². The third-order valence-corrected chi connectivity index (χ3v) is 3.61. The van der Waals surface area contributed by atoms with Gasteiger partial charge < -0.3 is 0 Å². The Morgan fingerprint density at radius 2 is 1.86 bits per heavy atom. The highest BCUT2D eigenvalue weighted by Gasteiger charge is 2.19. The van der Waals surface area contributed by atoms with E-state index in [0.29, 0.717) is 28.1 Å². The van der Waals surface area contributed by atoms with Crippen molar-refractivity contribution in [2.75, 3.05) is 0 Å². The number of fused-ring (bicyclic) bond motifs is 1. The van der Waals surface area contributed by atoms with Gasteiger partial charge in [0, 0.05) is 6.07 Å². The van der Waals surface area contributed by atoms with Gasteiger partial charge in [0.25, 0.3) is 0 Å². The van der Waals surface area contributed by atoms with Gasteiger partial charge in [0.1, 0.15) is 17.5 Å². The topological polar surface area (TPSA) is 17.8 Å². The molecule has 0 saturated heterocycles. The standard InChI is InChI=1S/C16H13ClF2N2/c1-9-7-15-13(8-12(9)19)20-16(10(2)17)21(15)14-6-4-3-5-11(14)18/h3-8,10H,1-2H3. The number of hydrogen-bond donors (Lipinski definition) is 0. The molecule has 0 radical (unpaired) electrons. The third-order valence-electron chi connectivity index (χ3n) is 3.41. The maximum Gasteiger partial charge on any atom is 0.147 e. The zero-order chi connectivity index (χ0) is 15.1. The van der Waals surface area contributed by atoms with Gasteiger partial charge in [-0.05, 0) is 37.6 Å². The molecule has 0 aliphatic heterocycles. The van der Waals surface area contributed by atoms with Gasteiger partial charge in [-0.15, -0.1) is 11.6 Å². The first-order valence-corrected chi connectivity index (χ1v) is 7.00. The van der Waals surface area contributed by atoms with E-state index in [4.69, 9.17) is 11.6 Å². The Morgan fingerprint density at radius 1 is 1.14 bits per heavy atom. The van der Waals surface area contributed by atoms with Crippen LogP contribution in [0.4, 0.5) is 8.78 Å². The molecule has 0 aliphatic rings. The molecule has 0 N–H and O–H groups in total. The van der Waals surface area contributed by atoms with Crippen LogP contribution >= 0.6 is 11.6 Å². The van der Waals surface area contributed by atoms with Crippen molar-refractivity contribution in [1.82, 2.24) is 9.55 Å². The lowest BCUT2D eigenvalue weighted by atomic mass is 10.2. The summed E-state index contributed by atoms with van der Waals surface area (Å²) < 4.78 is 29.5. The fraction of sp³-hybridized carbons (Fsp3) is 0.188. The molecule has 3 aromatic rings. The lowest BCUT2D eigenvalue weighted by Crippen LogP contribution is -2.04. The van der Waals surface area contributed by atoms with Crippen molar-refractivity contribution in [3.63, 3.8) is 0 Å². The van der Waals surface area contributed by atoms with Crippen molar-refractivity contribution in [3.05, 3.63) is 59.4 Å². The number of benzene rings is 2. The Kier molecular flexibility index (Phi) is 3.41. The molecule has 0 bridgehead atoms. The number of alkyl halides is 1. The van der Waals surface area contributed by atoms with Crippen LogP contribution in [0.25, 0.3) is 16.7 Å². The van der Waals surface area contributed by atoms with E-state index in [-0.39, 0.29) is 11.6 Å². The Bertz CT molecular complexity index is 825. The molecule has 1 unspecified atom stereocenters. The third kappa shape index (κ3) is 2.29. The Balaban J connectivity index is 2.41. The fourth-order valence-electron chi connectivity index (χ4n) is 2.37. The average molecular weight is 307 g/mol. The van der Waals surface area contributed by atoms with E-state index in [1.807, 2.05) is 0 Å². The average Bonchev–Trinajstić information content (AvgIpc) is 2.78. The van der Waals surface area contributed by atoms with E-state index in [0.717, 1.165) is 0 Å². The number of nitrogens with zero attached hydrogens (tertiary/aromatic N) is 2. The molecule has 1 aromatic heterocycles. The fourth-order valence-corrected chi connectivity index (χ4v) is 2.52. The Labute approximate surface area is 126 Å². The molecule has 0 spiro atoms. The maximum atomic E-state index is 14.1. The van der Waals surface area contributed by atoms with Crippen molar-refractivity contribution in [1.29, 1.82) is 0 Å². The van der Waals surface area contributed by atoms with E-state index < -0.39 is 5.38 Å². The van der Waals surface area contributed by atoms with E-state index in [1.54, 1.807) is 42.7 Å². The molecule has 108 valence electrons. The van der Waals surface area contributed by atoms with E-state index in [9.17, 15) is 8.78 Å². The molecule has 0 aliphatic carbocycles. The summed E-state index contributed by atoms with van der Waals surface area (Å²) in [6, 6.07) is 9.39. The minimum atomic E-state index is -0.430. The minimum absolute atomic E-state index is 0.338. The number of rotatable bonds is 2. The van der Waals surface area contributed by atoms with Crippen molar-refractivity contribution in [3.8, 4) is 5.69 Å². The lowest BCUT2D eigenvalue weighted by Gasteiger charge is -2.11. The molecule has 0 amide bonds. The largest absolute Gasteiger partial charge is 0.292 e. The summed E-state index contributed by atoms with van der Waals surface area (Å²) in [6.45, 7) is 3.42. The zero-order valence-corrected chi connectivity index (χ0v) is 12.3. The Morgan fingerprint density at radius 3 is 2.52 bits per heavy atom. The second kappa shape index (κ2) is 5.11. The monoisotopic (exact) mass is 306 g/mol. The van der Waals surface area contributed by atoms with Gasteiger partial charge in [0.15, 0.2) is 0 Å². The maximum absolute atomic E-state index is 14.1. The number of aryl methyl sites for hydroxylation is 1. The molecule has 0 fully saturated rings. The summed E-state index contributed by atoms with van der Waals surface area (Å²) in [5, 5.41) is -0.430. The van der Waals surface area contributed by atoms with Gasteiger partial charge in [-0.2, -0.15) is 0 Å². The van der Waals surface area contributed by atoms with Crippen LogP contribution in [0.1, 0.15) is 23.7 Å². The number of aromatic nitrogens is 2. The predicted octanol–water partition coefficient (Wildman–Crippen LogP) is 4.91. The molecular formula is C16H13ClF2N2. The van der Waals surface area contributed by atoms with Crippen molar-refractivity contribution in [2.24, 2.45) is 0 Å². The highest BCUT2D eigenvalue weighted by atomic mass is 35.5. The molecule has 5 heteroatoms. The molecule has 2 aromatic carbocycles. The van der Waals surface area contributed by atoms with Crippen LogP contribution in [0.15, 0.2) is 36.4 Å². The zero-order valence-electron chi connectivity index (χ0n) is 11.6. The quantitative estimate of drug-likeness (QED) is 0.615. The molecule has 21 heavy (non-hydrogen) atoms. The van der Waals surface area contributed by atoms with Gasteiger partial charge >= 0.3 is 0 Å². The number of para-hydroxylation sites is 1. The normalized spacial score (nSPS) is 12.8. The van der Waals surface area contributed by atoms with Crippen LogP contribution in [0.2, 0.25) is 0 Å². The van der Waals surface area contributed by atoms with Gasteiger partial charge in [0.05, 0.1) is 22.1 Å². The summed E-state index contributed by atoms with van der Waals surface area (Å²) in [5.74, 6) is -0.228. The summed E-state index contributed by atoms with van der Waals surface area (Å²) >= 11 is 6.16. The summed E-state index contributed by atoms with van der Waals surface area (Å²) in [5.41, 5.74) is 1.94. The molecule has 1 atom stereocenters. The molecule has 0 saturated carbocycles. The van der Waals surface area contributed by atoms with E-state index in [2.05, 4.69) is 4.98 Å². The van der Waals surface area contributed by atoms with Gasteiger partial charge in [-0.1, -0.05) is 12.1 Å². The lowest BCUT2D eigenvalue weighted by molar-refractivity contribution is 0.616. The molecular weight excluding hydrogens is 294 g/mol. The summed E-state index contributed by atoms with van der Waals surface area (Å²) in [4.78, 5) is 4.36. The van der Waals surface area contributed by atoms with Gasteiger partial charge in [-0.25, -0.2) is 13.8 Å². The number of hydrogen-bond acceptors (Lipinski definition) is 1. The highest BCUT2D eigenvalue weighted by Crippen LogP contribution is 2.30. The van der Waals surface area contributed by atoms with Crippen LogP contribution in [0, 0.1) is 18.6 Å². The van der Waals surface area contributed by atoms with Crippen LogP contribution in [-0.4, -0.2) is 9.55 Å². The summed E-state index contributed by atoms with van der Waals surface area (Å²) in [7, 11) is 0. The van der Waals surface area contributed by atoms with Crippen molar-refractivity contribution >= 4 is 22.6 Å². The highest BCUT2D eigenvalue weighted by molar-refractivity contribution is 6.20. The van der Waals surface area contributed by atoms with Crippen molar-refractivity contribution < 1.29 is 8.78 Å². The Hall–Kier alpha value is -1.94. The smallest absolute Gasteiger partial charge is 0.147 e. The predicted molar refractivity (Wildman–Crippen MR) is 80.0 cm³/mol. The van der Waals surface area contributed by atoms with Gasteiger partial charge in [-0.3, -0.25) is 4.57 Å². The van der Waals surface area contributed by atoms with Crippen molar-refractivity contribution in [2.45, 2.75) is 19.2 Å². The van der Waals surface area contributed by atoms with Crippen LogP contribution in [0.5, 0.6) is 0 Å². The molecule has 1 heterocycles. The first kappa shape index (κ1) is 14.0. The van der Waals surface area contributed by atoms with Crippen LogP contribution in [0.3, 0.4) is 0 Å². The van der Waals surface area contributed by atoms with E-state index in [1.165, 1.54) is 12.1 Å². The molecule has 3 rings (SSSR count). The first-order chi connectivity index (χ1) is 9.99. The minimum Gasteiger partial charge on any atom is -0.292 e. The molecule has 2 nitrogen and oxygen atoms in total. The first-order valence-electron chi connectivity index (χ1n) is 6.56. The second-order valence-corrected chi connectivity index (χ2v) is 5.62.